The highest BCUT2D eigenvalue weighted by Gasteiger charge is 2.26. The number of ether oxygens (including phenoxy) is 2. The van der Waals surface area contributed by atoms with Crippen molar-refractivity contribution in [2.45, 2.75) is 60.8 Å². The molecule has 1 aromatic heterocycles. The summed E-state index contributed by atoms with van der Waals surface area (Å²) < 4.78 is 17.5. The molecule has 0 fully saturated rings. The smallest absolute Gasteiger partial charge is 0.204 e. The van der Waals surface area contributed by atoms with Gasteiger partial charge in [-0.1, -0.05) is 34.9 Å². The average molecular weight is 493 g/mol. The van der Waals surface area contributed by atoms with E-state index in [1.165, 1.54) is 14.2 Å². The number of phenols is 2. The van der Waals surface area contributed by atoms with Gasteiger partial charge in [0.15, 0.2) is 11.5 Å². The minimum atomic E-state index is -0.404. The predicted molar refractivity (Wildman–Crippen MR) is 146 cm³/mol. The first kappa shape index (κ1) is 26.9. The zero-order valence-electron chi connectivity index (χ0n) is 22.5. The molecule has 36 heavy (non-hydrogen) atoms. The second-order valence-electron chi connectivity index (χ2n) is 9.71. The largest absolute Gasteiger partial charge is 0.507 e. The molecule has 3 aromatic rings. The maximum Gasteiger partial charge on any atom is 0.204 e. The summed E-state index contributed by atoms with van der Waals surface area (Å²) in [7, 11) is 3.01. The lowest BCUT2D eigenvalue weighted by atomic mass is 9.94. The minimum Gasteiger partial charge on any atom is -0.507 e. The Labute approximate surface area is 212 Å². The van der Waals surface area contributed by atoms with Crippen LogP contribution in [0.5, 0.6) is 23.0 Å². The molecule has 3 rings (SSSR count). The van der Waals surface area contributed by atoms with Crippen LogP contribution in [0.4, 0.5) is 0 Å². The van der Waals surface area contributed by atoms with E-state index in [4.69, 9.17) is 13.9 Å². The third-order valence-corrected chi connectivity index (χ3v) is 6.14. The molecule has 0 aliphatic rings. The summed E-state index contributed by atoms with van der Waals surface area (Å²) in [4.78, 5) is 14.0. The van der Waals surface area contributed by atoms with Crippen LogP contribution >= 0.6 is 0 Å². The Kier molecular flexibility index (Phi) is 8.18. The number of fused-ring (bicyclic) bond motifs is 2. The monoisotopic (exact) mass is 492 g/mol. The molecule has 2 N–H and O–H groups in total. The molecule has 0 unspecified atom stereocenters. The molecule has 0 amide bonds. The molecule has 0 aliphatic heterocycles. The van der Waals surface area contributed by atoms with Gasteiger partial charge in [-0.15, -0.1) is 0 Å². The molecule has 0 radical (unpaired) electrons. The molecule has 0 atom stereocenters. The highest BCUT2D eigenvalue weighted by Crippen LogP contribution is 2.44. The normalized spacial score (nSPS) is 10.9. The standard InChI is InChI=1S/C30H36O6/c1-16(2)9-12-19-22(34-7)15-23-25(26(19)31)28(33)24-20(13-10-17(3)4)27(32)30(35-8)21(29(24)36-23)14-11-18(5)6/h9-11,15,31-32H,12-14H2,1-8H3. The molecule has 6 nitrogen and oxygen atoms in total. The van der Waals surface area contributed by atoms with E-state index in [2.05, 4.69) is 0 Å². The van der Waals surface area contributed by atoms with Crippen LogP contribution in [0, 0.1) is 0 Å². The van der Waals surface area contributed by atoms with E-state index in [1.807, 2.05) is 59.8 Å². The Hall–Kier alpha value is -3.67. The number of benzene rings is 2. The number of hydrogen-bond acceptors (Lipinski definition) is 6. The van der Waals surface area contributed by atoms with Gasteiger partial charge in [0.1, 0.15) is 28.1 Å². The van der Waals surface area contributed by atoms with Crippen LogP contribution < -0.4 is 14.9 Å². The second-order valence-corrected chi connectivity index (χ2v) is 9.71. The third kappa shape index (κ3) is 5.13. The van der Waals surface area contributed by atoms with Crippen LogP contribution in [-0.2, 0) is 19.3 Å². The lowest BCUT2D eigenvalue weighted by molar-refractivity contribution is 0.368. The summed E-state index contributed by atoms with van der Waals surface area (Å²) in [6, 6.07) is 1.64. The van der Waals surface area contributed by atoms with E-state index in [0.29, 0.717) is 47.3 Å². The van der Waals surface area contributed by atoms with Crippen molar-refractivity contribution in [2.24, 2.45) is 0 Å². The summed E-state index contributed by atoms with van der Waals surface area (Å²) in [5.74, 6) is 0.438. The van der Waals surface area contributed by atoms with Gasteiger partial charge in [0.25, 0.3) is 0 Å². The Morgan fingerprint density at radius 3 is 1.81 bits per heavy atom. The highest BCUT2D eigenvalue weighted by molar-refractivity contribution is 5.99. The fourth-order valence-electron chi connectivity index (χ4n) is 4.24. The van der Waals surface area contributed by atoms with E-state index >= 15 is 0 Å². The summed E-state index contributed by atoms with van der Waals surface area (Å²) in [6.45, 7) is 11.8. The number of hydrogen-bond donors (Lipinski definition) is 2. The summed E-state index contributed by atoms with van der Waals surface area (Å²) in [5, 5.41) is 22.8. The Bertz CT molecular complexity index is 1460. The van der Waals surface area contributed by atoms with Crippen LogP contribution in [0.25, 0.3) is 21.9 Å². The van der Waals surface area contributed by atoms with Gasteiger partial charge in [0, 0.05) is 22.8 Å². The Morgan fingerprint density at radius 2 is 1.31 bits per heavy atom. The maximum absolute atomic E-state index is 14.0. The molecule has 0 saturated carbocycles. The lowest BCUT2D eigenvalue weighted by Gasteiger charge is -2.18. The molecule has 6 heteroatoms. The second kappa shape index (κ2) is 10.9. The Morgan fingerprint density at radius 1 is 0.778 bits per heavy atom. The molecule has 0 spiro atoms. The molecule has 0 bridgehead atoms. The summed E-state index contributed by atoms with van der Waals surface area (Å²) in [6.07, 6.45) is 6.98. The quantitative estimate of drug-likeness (QED) is 0.263. The van der Waals surface area contributed by atoms with E-state index in [-0.39, 0.29) is 33.6 Å². The molecular weight excluding hydrogens is 456 g/mol. The number of allylic oxidation sites excluding steroid dienone is 6. The van der Waals surface area contributed by atoms with Gasteiger partial charge in [0.2, 0.25) is 5.43 Å². The van der Waals surface area contributed by atoms with Crippen molar-refractivity contribution in [2.75, 3.05) is 14.2 Å². The van der Waals surface area contributed by atoms with Gasteiger partial charge < -0.3 is 24.1 Å². The molecule has 192 valence electrons. The van der Waals surface area contributed by atoms with Crippen LogP contribution in [-0.4, -0.2) is 24.4 Å². The molecule has 1 heterocycles. The van der Waals surface area contributed by atoms with Gasteiger partial charge in [-0.05, 0) is 60.8 Å². The van der Waals surface area contributed by atoms with Crippen LogP contribution in [0.1, 0.15) is 58.2 Å². The molecular formula is C30H36O6. The topological polar surface area (TPSA) is 89.1 Å². The summed E-state index contributed by atoms with van der Waals surface area (Å²) >= 11 is 0. The fourth-order valence-corrected chi connectivity index (χ4v) is 4.24. The van der Waals surface area contributed by atoms with E-state index < -0.39 is 5.43 Å². The van der Waals surface area contributed by atoms with Gasteiger partial charge in [-0.3, -0.25) is 4.79 Å². The van der Waals surface area contributed by atoms with Crippen molar-refractivity contribution in [3.63, 3.8) is 0 Å². The number of aromatic hydroxyl groups is 2. The van der Waals surface area contributed by atoms with E-state index in [0.717, 1.165) is 16.7 Å². The summed E-state index contributed by atoms with van der Waals surface area (Å²) in [5.41, 5.74) is 4.80. The van der Waals surface area contributed by atoms with Gasteiger partial charge >= 0.3 is 0 Å². The third-order valence-electron chi connectivity index (χ3n) is 6.14. The van der Waals surface area contributed by atoms with Crippen LogP contribution in [0.15, 0.2) is 50.2 Å². The van der Waals surface area contributed by atoms with Gasteiger partial charge in [-0.25, -0.2) is 0 Å². The van der Waals surface area contributed by atoms with E-state index in [1.54, 1.807) is 6.07 Å². The fraction of sp³-hybridized carbons (Fsp3) is 0.367. The van der Waals surface area contributed by atoms with Crippen LogP contribution in [0.3, 0.4) is 0 Å². The van der Waals surface area contributed by atoms with Crippen molar-refractivity contribution in [1.29, 1.82) is 0 Å². The minimum absolute atomic E-state index is 0.0663. The zero-order chi connectivity index (χ0) is 26.7. The molecule has 0 aliphatic carbocycles. The first-order valence-electron chi connectivity index (χ1n) is 12.0. The number of rotatable bonds is 8. The van der Waals surface area contributed by atoms with Gasteiger partial charge in [0.05, 0.1) is 19.6 Å². The number of methoxy groups -OCH3 is 2. The number of phenolic OH excluding ortho intramolecular Hbond substituents is 2. The maximum atomic E-state index is 14.0. The van der Waals surface area contributed by atoms with Crippen molar-refractivity contribution in [3.05, 3.63) is 67.9 Å². The van der Waals surface area contributed by atoms with Gasteiger partial charge in [-0.2, -0.15) is 0 Å². The highest BCUT2D eigenvalue weighted by atomic mass is 16.5. The Balaban J connectivity index is 2.57. The van der Waals surface area contributed by atoms with Crippen molar-refractivity contribution >= 4 is 21.9 Å². The van der Waals surface area contributed by atoms with E-state index in [9.17, 15) is 15.0 Å². The SMILES string of the molecule is COc1cc2oc3c(CC=C(C)C)c(OC)c(O)c(CC=C(C)C)c3c(=O)c2c(O)c1CC=C(C)C. The lowest BCUT2D eigenvalue weighted by Crippen LogP contribution is -2.10. The van der Waals surface area contributed by atoms with Crippen molar-refractivity contribution < 1.29 is 24.1 Å². The molecule has 0 saturated heterocycles. The first-order valence-corrected chi connectivity index (χ1v) is 12.0. The van der Waals surface area contributed by atoms with Crippen LogP contribution in [0.2, 0.25) is 0 Å². The predicted octanol–water partition coefficient (Wildman–Crippen LogP) is 6.90. The average Bonchev–Trinajstić information content (AvgIpc) is 2.80. The zero-order valence-corrected chi connectivity index (χ0v) is 22.5. The molecule has 2 aromatic carbocycles. The van der Waals surface area contributed by atoms with Crippen molar-refractivity contribution in [1.82, 2.24) is 0 Å². The van der Waals surface area contributed by atoms with Crippen molar-refractivity contribution in [3.8, 4) is 23.0 Å². The first-order chi connectivity index (χ1) is 17.0.